The van der Waals surface area contributed by atoms with E-state index in [1.807, 2.05) is 45.1 Å². The molecule has 0 radical (unpaired) electrons. The molecule has 0 bridgehead atoms. The van der Waals surface area contributed by atoms with Crippen LogP contribution < -0.4 is 16.4 Å². The summed E-state index contributed by atoms with van der Waals surface area (Å²) in [4.78, 5) is 2.49. The van der Waals surface area contributed by atoms with E-state index in [4.69, 9.17) is 17.3 Å². The van der Waals surface area contributed by atoms with Crippen molar-refractivity contribution >= 4 is 32.9 Å². The van der Waals surface area contributed by atoms with E-state index < -0.39 is 0 Å². The summed E-state index contributed by atoms with van der Waals surface area (Å²) in [6.45, 7) is 11.7. The van der Waals surface area contributed by atoms with Gasteiger partial charge in [-0.1, -0.05) is 54.5 Å². The van der Waals surface area contributed by atoms with Crippen molar-refractivity contribution in [1.82, 2.24) is 4.90 Å². The Hall–Kier alpha value is -1.52. The van der Waals surface area contributed by atoms with Crippen LogP contribution in [0, 0.1) is 11.3 Å². The minimum absolute atomic E-state index is 0.669. The number of nitrogens with one attached hydrogen (secondary N) is 2. The van der Waals surface area contributed by atoms with Gasteiger partial charge in [0.15, 0.2) is 0 Å². The number of likely N-dealkylation sites (tertiary alicyclic amines) is 1. The van der Waals surface area contributed by atoms with Crippen molar-refractivity contribution in [3.8, 4) is 6.07 Å². The van der Waals surface area contributed by atoms with Crippen LogP contribution >= 0.6 is 22.9 Å². The van der Waals surface area contributed by atoms with Gasteiger partial charge in [0.2, 0.25) is 0 Å². The zero-order valence-electron chi connectivity index (χ0n) is 17.5. The van der Waals surface area contributed by atoms with Crippen LogP contribution in [0.15, 0.2) is 29.8 Å². The quantitative estimate of drug-likeness (QED) is 0.521. The number of hydrogen-bond donors (Lipinski definition) is 3. The zero-order chi connectivity index (χ0) is 21.0. The smallest absolute Gasteiger partial charge is 0.108 e. The molecule has 158 valence electrons. The molecule has 0 aromatic carbocycles. The van der Waals surface area contributed by atoms with Gasteiger partial charge in [0.05, 0.1) is 10.6 Å². The molecule has 0 aliphatic carbocycles. The maximum Gasteiger partial charge on any atom is 0.108 e. The van der Waals surface area contributed by atoms with Crippen molar-refractivity contribution in [3.05, 3.63) is 35.4 Å². The van der Waals surface area contributed by atoms with E-state index in [0.29, 0.717) is 12.1 Å². The van der Waals surface area contributed by atoms with Gasteiger partial charge in [-0.05, 0) is 52.4 Å². The molecule has 1 aliphatic rings. The predicted octanol–water partition coefficient (Wildman–Crippen LogP) is 5.23. The van der Waals surface area contributed by atoms with Gasteiger partial charge in [-0.15, -0.1) is 0 Å². The molecule has 5 nitrogen and oxygen atoms in total. The molecule has 0 amide bonds. The van der Waals surface area contributed by atoms with E-state index >= 15 is 0 Å². The summed E-state index contributed by atoms with van der Waals surface area (Å²) in [7, 11) is 0. The molecule has 2 rings (SSSR count). The Morgan fingerprint density at radius 3 is 2.43 bits per heavy atom. The molecule has 2 heterocycles. The third kappa shape index (κ3) is 12.8. The maximum absolute atomic E-state index is 9.19. The van der Waals surface area contributed by atoms with Crippen LogP contribution in [0.4, 0.5) is 10.0 Å². The molecule has 0 saturated carbocycles. The van der Waals surface area contributed by atoms with E-state index in [2.05, 4.69) is 21.6 Å². The Kier molecular flexibility index (Phi) is 17.8. The monoisotopic (exact) mass is 425 g/mol. The molecule has 1 aliphatic heterocycles. The normalized spacial score (nSPS) is 14.0. The molecule has 0 atom stereocenters. The first-order chi connectivity index (χ1) is 13.7. The number of halogens is 1. The number of rotatable bonds is 7. The largest absolute Gasteiger partial charge is 0.375 e. The van der Waals surface area contributed by atoms with E-state index in [1.165, 1.54) is 37.9 Å². The first-order valence-electron chi connectivity index (χ1n) is 9.93. The van der Waals surface area contributed by atoms with Crippen LogP contribution in [0.5, 0.6) is 0 Å². The second-order valence-corrected chi connectivity index (χ2v) is 7.42. The highest BCUT2D eigenvalue weighted by atomic mass is 35.5. The molecule has 1 aromatic rings. The van der Waals surface area contributed by atoms with Crippen LogP contribution in [0.25, 0.3) is 0 Å². The number of allylic oxidation sites excluding steroid dienone is 2. The Morgan fingerprint density at radius 2 is 1.89 bits per heavy atom. The third-order valence-electron chi connectivity index (χ3n) is 3.83. The van der Waals surface area contributed by atoms with Gasteiger partial charge in [0.25, 0.3) is 0 Å². The molecule has 0 spiro atoms. The zero-order valence-corrected chi connectivity index (χ0v) is 19.1. The minimum atomic E-state index is 0.669. The van der Waals surface area contributed by atoms with Gasteiger partial charge in [-0.25, -0.2) is 0 Å². The fourth-order valence-corrected chi connectivity index (χ4v) is 3.44. The lowest BCUT2D eigenvalue weighted by atomic mass is 10.1. The van der Waals surface area contributed by atoms with Crippen molar-refractivity contribution in [2.75, 3.05) is 49.9 Å². The molecule has 1 aromatic heterocycles. The second-order valence-electron chi connectivity index (χ2n) is 6.11. The van der Waals surface area contributed by atoms with E-state index in [0.717, 1.165) is 29.6 Å². The molecule has 1 saturated heterocycles. The first kappa shape index (κ1) is 26.5. The molecule has 0 unspecified atom stereocenters. The van der Waals surface area contributed by atoms with E-state index in [1.54, 1.807) is 11.3 Å². The number of hydrogen-bond acceptors (Lipinski definition) is 6. The predicted molar refractivity (Wildman–Crippen MR) is 127 cm³/mol. The highest BCUT2D eigenvalue weighted by Gasteiger charge is 2.11. The first-order valence-corrected chi connectivity index (χ1v) is 11.2. The highest BCUT2D eigenvalue weighted by Crippen LogP contribution is 2.31. The second kappa shape index (κ2) is 18.8. The number of nitrogens with two attached hydrogens (primary N) is 1. The molecule has 28 heavy (non-hydrogen) atoms. The summed E-state index contributed by atoms with van der Waals surface area (Å²) in [6, 6.07) is 4.13. The lowest BCUT2D eigenvalue weighted by Crippen LogP contribution is -2.33. The standard InChI is InChI=1S/C15H21ClN4S.C4H8.C2H7N/c16-5-4-6-18-14-11-13(12-17)15(21-14)19-7-10-20-8-2-1-3-9-20;1-3-4-2;1-2-3/h4-5,11,18-19H,1-3,6-10H2;3-4H,1-2H3;2-3H2,1H3/b5-4+;4-3-;. The fourth-order valence-electron chi connectivity index (χ4n) is 2.41. The van der Waals surface area contributed by atoms with Gasteiger partial charge < -0.3 is 21.3 Å². The van der Waals surface area contributed by atoms with Crippen molar-refractivity contribution in [1.29, 1.82) is 5.26 Å². The maximum atomic E-state index is 9.19. The van der Waals surface area contributed by atoms with Gasteiger partial charge in [0.1, 0.15) is 11.1 Å². The Bertz CT molecular complexity index is 582. The summed E-state index contributed by atoms with van der Waals surface area (Å²) >= 11 is 7.07. The lowest BCUT2D eigenvalue weighted by molar-refractivity contribution is 0.237. The Balaban J connectivity index is 0.000000904. The summed E-state index contributed by atoms with van der Waals surface area (Å²) in [5.41, 5.74) is 7.04. The van der Waals surface area contributed by atoms with Crippen molar-refractivity contribution in [2.45, 2.75) is 40.0 Å². The number of nitriles is 1. The lowest BCUT2D eigenvalue weighted by Gasteiger charge is -2.26. The molecule has 7 heteroatoms. The average molecular weight is 426 g/mol. The van der Waals surface area contributed by atoms with Crippen molar-refractivity contribution in [3.63, 3.8) is 0 Å². The summed E-state index contributed by atoms with van der Waals surface area (Å²) in [6.07, 6.45) is 9.81. The van der Waals surface area contributed by atoms with Crippen molar-refractivity contribution in [2.24, 2.45) is 5.73 Å². The number of thiophene rings is 1. The number of anilines is 2. The van der Waals surface area contributed by atoms with Crippen LogP contribution in [0.1, 0.15) is 45.6 Å². The van der Waals surface area contributed by atoms with E-state index in [-0.39, 0.29) is 0 Å². The van der Waals surface area contributed by atoms with Crippen LogP contribution in [-0.4, -0.2) is 44.2 Å². The topological polar surface area (TPSA) is 77.1 Å². The summed E-state index contributed by atoms with van der Waals surface area (Å²) < 4.78 is 0. The van der Waals surface area contributed by atoms with Crippen LogP contribution in [-0.2, 0) is 0 Å². The fraction of sp³-hybridized carbons (Fsp3) is 0.571. The van der Waals surface area contributed by atoms with Gasteiger partial charge in [-0.2, -0.15) is 5.26 Å². The van der Waals surface area contributed by atoms with Gasteiger partial charge >= 0.3 is 0 Å². The molecule has 4 N–H and O–H groups in total. The summed E-state index contributed by atoms with van der Waals surface area (Å²) in [5, 5.41) is 17.8. The SMILES string of the molecule is C/C=C\C.CCN.N#Cc1cc(NC/C=C/Cl)sc1NCCN1CCCCC1. The molecular weight excluding hydrogens is 390 g/mol. The number of piperidine rings is 1. The van der Waals surface area contributed by atoms with Gasteiger partial charge in [-0.3, -0.25) is 0 Å². The number of nitrogens with zero attached hydrogens (tertiary/aromatic N) is 2. The third-order valence-corrected chi connectivity index (χ3v) is 5.06. The average Bonchev–Trinajstić information content (AvgIpc) is 3.12. The molecule has 1 fully saturated rings. The van der Waals surface area contributed by atoms with Crippen molar-refractivity contribution < 1.29 is 0 Å². The Morgan fingerprint density at radius 1 is 1.25 bits per heavy atom. The highest BCUT2D eigenvalue weighted by molar-refractivity contribution is 7.20. The summed E-state index contributed by atoms with van der Waals surface area (Å²) in [5.74, 6) is 0. The van der Waals surface area contributed by atoms with Gasteiger partial charge in [0, 0.05) is 25.2 Å². The van der Waals surface area contributed by atoms with Crippen LogP contribution in [0.3, 0.4) is 0 Å². The van der Waals surface area contributed by atoms with E-state index in [9.17, 15) is 5.26 Å². The Labute approximate surface area is 180 Å². The van der Waals surface area contributed by atoms with Crippen LogP contribution in [0.2, 0.25) is 0 Å². The minimum Gasteiger partial charge on any atom is -0.375 e. The molecular formula is C21H36ClN5S.